The monoisotopic (exact) mass is 494 g/mol. The lowest BCUT2D eigenvalue weighted by Gasteiger charge is -2.24. The third-order valence-electron chi connectivity index (χ3n) is 4.66. The molecule has 0 spiro atoms. The highest BCUT2D eigenvalue weighted by Crippen LogP contribution is 2.28. The average molecular weight is 494 g/mol. The Hall–Kier alpha value is -3.61. The van der Waals surface area contributed by atoms with Gasteiger partial charge in [-0.15, -0.1) is 0 Å². The fourth-order valence-electron chi connectivity index (χ4n) is 3.12. The molecular formula is C21H21F3N6O3S. The number of nitrogens with one attached hydrogen (secondary N) is 1. The van der Waals surface area contributed by atoms with Crippen LogP contribution in [0, 0.1) is 0 Å². The molecule has 0 atom stereocenters. The number of aromatic amines is 1. The molecular weight excluding hydrogens is 473 g/mol. The van der Waals surface area contributed by atoms with Crippen LogP contribution in [-0.2, 0) is 17.5 Å². The van der Waals surface area contributed by atoms with E-state index in [-0.39, 0.29) is 35.5 Å². The van der Waals surface area contributed by atoms with E-state index >= 15 is 0 Å². The summed E-state index contributed by atoms with van der Waals surface area (Å²) in [7, 11) is 0. The number of nitrogens with two attached hydrogens (primary N) is 1. The maximum absolute atomic E-state index is 13.0. The van der Waals surface area contributed by atoms with E-state index in [1.807, 2.05) is 0 Å². The van der Waals surface area contributed by atoms with Crippen LogP contribution in [0.15, 0.2) is 57.3 Å². The van der Waals surface area contributed by atoms with E-state index in [0.29, 0.717) is 18.2 Å². The van der Waals surface area contributed by atoms with Gasteiger partial charge in [0.05, 0.1) is 12.3 Å². The van der Waals surface area contributed by atoms with E-state index in [0.717, 1.165) is 27.3 Å². The zero-order chi connectivity index (χ0) is 24.9. The quantitative estimate of drug-likeness (QED) is 0.364. The minimum atomic E-state index is -4.65. The number of halogens is 3. The molecule has 3 N–H and O–H groups in total. The molecule has 0 radical (unpaired) electrons. The van der Waals surface area contributed by atoms with Gasteiger partial charge in [0.1, 0.15) is 11.5 Å². The lowest BCUT2D eigenvalue weighted by molar-refractivity contribution is -0.141. The molecule has 3 aromatic rings. The third kappa shape index (κ3) is 5.84. The second-order valence-electron chi connectivity index (χ2n) is 7.12. The van der Waals surface area contributed by atoms with Crippen LogP contribution in [-0.4, -0.2) is 37.7 Å². The Kier molecular flexibility index (Phi) is 7.76. The third-order valence-corrected chi connectivity index (χ3v) is 5.51. The molecule has 2 heterocycles. The Morgan fingerprint density at radius 2 is 1.91 bits per heavy atom. The number of anilines is 2. The summed E-state index contributed by atoms with van der Waals surface area (Å²) < 4.78 is 39.8. The molecule has 180 valence electrons. The largest absolute Gasteiger partial charge is 0.433 e. The van der Waals surface area contributed by atoms with Gasteiger partial charge in [0.15, 0.2) is 10.8 Å². The summed E-state index contributed by atoms with van der Waals surface area (Å²) in [4.78, 5) is 48.5. The van der Waals surface area contributed by atoms with Crippen molar-refractivity contribution in [2.45, 2.75) is 31.2 Å². The second-order valence-corrected chi connectivity index (χ2v) is 8.06. The van der Waals surface area contributed by atoms with Gasteiger partial charge in [0, 0.05) is 12.7 Å². The number of nitrogen functional groups attached to an aromatic ring is 1. The number of alkyl halides is 3. The van der Waals surface area contributed by atoms with Gasteiger partial charge in [-0.25, -0.2) is 14.8 Å². The first kappa shape index (κ1) is 25.0. The molecule has 1 aromatic carbocycles. The van der Waals surface area contributed by atoms with Crippen LogP contribution in [0.4, 0.5) is 24.7 Å². The smallest absolute Gasteiger partial charge is 0.383 e. The first-order chi connectivity index (χ1) is 16.1. The Labute approximate surface area is 195 Å². The van der Waals surface area contributed by atoms with E-state index in [4.69, 9.17) is 5.73 Å². The van der Waals surface area contributed by atoms with Gasteiger partial charge in [-0.2, -0.15) is 13.2 Å². The molecule has 9 nitrogen and oxygen atoms in total. The second kappa shape index (κ2) is 10.5. The van der Waals surface area contributed by atoms with Gasteiger partial charge in [0.2, 0.25) is 5.91 Å². The number of aromatic nitrogens is 4. The summed E-state index contributed by atoms with van der Waals surface area (Å²) in [6, 6.07) is 9.65. The number of benzene rings is 1. The number of H-pyrrole nitrogens is 1. The van der Waals surface area contributed by atoms with Crippen molar-refractivity contribution in [2.75, 3.05) is 22.9 Å². The first-order valence-electron chi connectivity index (χ1n) is 10.1. The molecule has 0 aliphatic carbocycles. The zero-order valence-corrected chi connectivity index (χ0v) is 18.8. The average Bonchev–Trinajstić information content (AvgIpc) is 2.80. The Morgan fingerprint density at radius 3 is 2.56 bits per heavy atom. The number of hydrogen-bond acceptors (Lipinski definition) is 7. The predicted molar refractivity (Wildman–Crippen MR) is 122 cm³/mol. The number of hydrogen-bond donors (Lipinski definition) is 2. The number of thioether (sulfide) groups is 1. The van der Waals surface area contributed by atoms with Gasteiger partial charge in [-0.3, -0.25) is 19.1 Å². The van der Waals surface area contributed by atoms with Crippen molar-refractivity contribution in [3.05, 3.63) is 74.7 Å². The van der Waals surface area contributed by atoms with Crippen molar-refractivity contribution in [2.24, 2.45) is 0 Å². The lowest BCUT2D eigenvalue weighted by atomic mass is 10.2. The van der Waals surface area contributed by atoms with Crippen LogP contribution < -0.4 is 21.9 Å². The zero-order valence-electron chi connectivity index (χ0n) is 18.0. The molecule has 2 aromatic heterocycles. The normalized spacial score (nSPS) is 11.4. The van der Waals surface area contributed by atoms with E-state index in [1.54, 1.807) is 37.3 Å². The Morgan fingerprint density at radius 1 is 1.21 bits per heavy atom. The standard InChI is InChI=1S/C21H21F3N6O3S/c1-2-10-29(15(31)12-34-19-26-9-8-14(27-19)21(22,23)24)16-17(25)30(20(33)28-18(16)32)11-13-6-4-3-5-7-13/h3-9H,2,10-12,25H2,1H3,(H,28,32,33). The number of carbonyl (C=O) groups is 1. The number of carbonyl (C=O) groups excluding carboxylic acids is 1. The highest BCUT2D eigenvalue weighted by Gasteiger charge is 2.33. The van der Waals surface area contributed by atoms with Crippen molar-refractivity contribution in [3.8, 4) is 0 Å². The molecule has 0 unspecified atom stereocenters. The fourth-order valence-corrected chi connectivity index (χ4v) is 3.83. The van der Waals surface area contributed by atoms with Gasteiger partial charge in [-0.1, -0.05) is 49.0 Å². The van der Waals surface area contributed by atoms with Crippen LogP contribution in [0.25, 0.3) is 0 Å². The lowest BCUT2D eigenvalue weighted by Crippen LogP contribution is -2.42. The highest BCUT2D eigenvalue weighted by atomic mass is 32.2. The van der Waals surface area contributed by atoms with Crippen molar-refractivity contribution in [3.63, 3.8) is 0 Å². The molecule has 0 bridgehead atoms. The SMILES string of the molecule is CCCN(C(=O)CSc1nccc(C(F)(F)F)n1)c1c(N)n(Cc2ccccc2)c(=O)[nH]c1=O. The highest BCUT2D eigenvalue weighted by molar-refractivity contribution is 7.99. The molecule has 0 saturated heterocycles. The number of rotatable bonds is 8. The first-order valence-corrected chi connectivity index (χ1v) is 11.1. The summed E-state index contributed by atoms with van der Waals surface area (Å²) in [6.45, 7) is 1.93. The summed E-state index contributed by atoms with van der Waals surface area (Å²) in [5.74, 6) is -1.15. The van der Waals surface area contributed by atoms with E-state index in [9.17, 15) is 27.6 Å². The maximum Gasteiger partial charge on any atom is 0.433 e. The van der Waals surface area contributed by atoms with Gasteiger partial charge in [0.25, 0.3) is 5.56 Å². The fraction of sp³-hybridized carbons (Fsp3) is 0.286. The van der Waals surface area contributed by atoms with Gasteiger partial charge in [-0.05, 0) is 18.1 Å². The summed E-state index contributed by atoms with van der Waals surface area (Å²) in [6.07, 6.45) is -3.24. The van der Waals surface area contributed by atoms with Crippen molar-refractivity contribution in [1.29, 1.82) is 0 Å². The molecule has 0 fully saturated rings. The summed E-state index contributed by atoms with van der Waals surface area (Å²) in [5.41, 5.74) is 4.02. The molecule has 1 amide bonds. The molecule has 0 saturated carbocycles. The maximum atomic E-state index is 13.0. The van der Waals surface area contributed by atoms with Gasteiger partial charge < -0.3 is 10.6 Å². The molecule has 3 rings (SSSR count). The van der Waals surface area contributed by atoms with E-state index in [2.05, 4.69) is 15.0 Å². The summed E-state index contributed by atoms with van der Waals surface area (Å²) in [5, 5.41) is -0.240. The minimum Gasteiger partial charge on any atom is -0.383 e. The molecule has 0 aliphatic heterocycles. The Bertz CT molecular complexity index is 1280. The van der Waals surface area contributed by atoms with Crippen molar-refractivity contribution >= 4 is 29.2 Å². The van der Waals surface area contributed by atoms with Crippen LogP contribution in [0.5, 0.6) is 0 Å². The van der Waals surface area contributed by atoms with E-state index < -0.39 is 29.0 Å². The Balaban J connectivity index is 1.89. The van der Waals surface area contributed by atoms with Crippen molar-refractivity contribution < 1.29 is 18.0 Å². The molecule has 34 heavy (non-hydrogen) atoms. The van der Waals surface area contributed by atoms with Crippen molar-refractivity contribution in [1.82, 2.24) is 19.5 Å². The molecule has 13 heteroatoms. The predicted octanol–water partition coefficient (Wildman–Crippen LogP) is 2.51. The van der Waals surface area contributed by atoms with Crippen LogP contribution in [0.1, 0.15) is 24.6 Å². The minimum absolute atomic E-state index is 0.0657. The number of nitrogens with zero attached hydrogens (tertiary/aromatic N) is 4. The van der Waals surface area contributed by atoms with Gasteiger partial charge >= 0.3 is 11.9 Å². The summed E-state index contributed by atoms with van der Waals surface area (Å²) >= 11 is 0.694. The number of amides is 1. The van der Waals surface area contributed by atoms with Crippen LogP contribution in [0.3, 0.4) is 0 Å². The van der Waals surface area contributed by atoms with E-state index in [1.165, 1.54) is 0 Å². The van der Waals surface area contributed by atoms with Crippen LogP contribution >= 0.6 is 11.8 Å². The topological polar surface area (TPSA) is 127 Å². The van der Waals surface area contributed by atoms with Crippen LogP contribution in [0.2, 0.25) is 0 Å². The molecule has 0 aliphatic rings.